The van der Waals surface area contributed by atoms with Crippen LogP contribution in [0.2, 0.25) is 0 Å². The fraction of sp³-hybridized carbons (Fsp3) is 0.438. The van der Waals surface area contributed by atoms with Gasteiger partial charge in [-0.2, -0.15) is 0 Å². The number of amides is 2. The van der Waals surface area contributed by atoms with Gasteiger partial charge in [0.05, 0.1) is 5.88 Å². The number of benzene rings is 1. The number of hydrogen-bond acceptors (Lipinski definition) is 4. The van der Waals surface area contributed by atoms with Gasteiger partial charge in [-0.15, -0.1) is 11.8 Å². The summed E-state index contributed by atoms with van der Waals surface area (Å²) in [7, 11) is 0. The summed E-state index contributed by atoms with van der Waals surface area (Å²) in [6.45, 7) is 1.71. The molecule has 122 valence electrons. The molecule has 6 nitrogen and oxygen atoms in total. The fourth-order valence-corrected chi connectivity index (χ4v) is 4.33. The molecule has 0 saturated carbocycles. The highest BCUT2D eigenvalue weighted by Crippen LogP contribution is 2.28. The molecular formula is C16H18N2O4S. The van der Waals surface area contributed by atoms with Gasteiger partial charge in [0.15, 0.2) is 0 Å². The standard InChI is InChI=1S/C16H18N2O4S/c1-10(19)18-9-23-8-14(18)15(20)17-7-12-5-3-2-4-11(12)6-13(17)16(21)22/h2-5,13-14H,6-9H2,1H3,(H,21,22). The molecule has 2 atom stereocenters. The Morgan fingerprint density at radius 3 is 2.48 bits per heavy atom. The number of carboxylic acid groups (broad SMARTS) is 1. The minimum absolute atomic E-state index is 0.155. The highest BCUT2D eigenvalue weighted by atomic mass is 32.2. The van der Waals surface area contributed by atoms with Crippen molar-refractivity contribution < 1.29 is 19.5 Å². The second-order valence-corrected chi connectivity index (χ2v) is 6.80. The third kappa shape index (κ3) is 2.93. The van der Waals surface area contributed by atoms with E-state index in [2.05, 4.69) is 0 Å². The smallest absolute Gasteiger partial charge is 0.326 e. The maximum Gasteiger partial charge on any atom is 0.326 e. The monoisotopic (exact) mass is 334 g/mol. The molecule has 1 saturated heterocycles. The lowest BCUT2D eigenvalue weighted by Crippen LogP contribution is -2.55. The maximum absolute atomic E-state index is 12.9. The molecule has 1 aromatic carbocycles. The molecule has 1 N–H and O–H groups in total. The van der Waals surface area contributed by atoms with Crippen molar-refractivity contribution in [2.75, 3.05) is 11.6 Å². The molecule has 0 aromatic heterocycles. The third-order valence-electron chi connectivity index (χ3n) is 4.39. The Kier molecular flexibility index (Phi) is 4.30. The van der Waals surface area contributed by atoms with Crippen LogP contribution in [0.3, 0.4) is 0 Å². The van der Waals surface area contributed by atoms with Crippen molar-refractivity contribution >= 4 is 29.5 Å². The molecular weight excluding hydrogens is 316 g/mol. The molecule has 7 heteroatoms. The summed E-state index contributed by atoms with van der Waals surface area (Å²) in [5.74, 6) is -0.436. The van der Waals surface area contributed by atoms with Crippen LogP contribution in [0, 0.1) is 0 Å². The number of aliphatic carboxylic acids is 1. The van der Waals surface area contributed by atoms with Gasteiger partial charge in [0.25, 0.3) is 0 Å². The van der Waals surface area contributed by atoms with Crippen LogP contribution in [0.25, 0.3) is 0 Å². The Morgan fingerprint density at radius 2 is 1.83 bits per heavy atom. The topological polar surface area (TPSA) is 77.9 Å². The van der Waals surface area contributed by atoms with Gasteiger partial charge in [0, 0.05) is 25.6 Å². The second-order valence-electron chi connectivity index (χ2n) is 5.80. The van der Waals surface area contributed by atoms with Crippen molar-refractivity contribution in [3.63, 3.8) is 0 Å². The minimum Gasteiger partial charge on any atom is -0.480 e. The first-order valence-electron chi connectivity index (χ1n) is 7.44. The molecule has 2 aliphatic rings. The summed E-state index contributed by atoms with van der Waals surface area (Å²) in [5.41, 5.74) is 1.94. The normalized spacial score (nSPS) is 23.5. The summed E-state index contributed by atoms with van der Waals surface area (Å²) in [5, 5.41) is 9.52. The molecule has 1 aromatic rings. The van der Waals surface area contributed by atoms with Crippen LogP contribution < -0.4 is 0 Å². The number of carbonyl (C=O) groups is 3. The Balaban J connectivity index is 1.89. The SMILES string of the molecule is CC(=O)N1CSCC1C(=O)N1Cc2ccccc2CC1C(=O)O. The van der Waals surface area contributed by atoms with Crippen LogP contribution in [-0.4, -0.2) is 56.4 Å². The first-order valence-corrected chi connectivity index (χ1v) is 8.59. The Hall–Kier alpha value is -2.02. The van der Waals surface area contributed by atoms with Crippen LogP contribution >= 0.6 is 11.8 Å². The van der Waals surface area contributed by atoms with Gasteiger partial charge in [0.1, 0.15) is 12.1 Å². The van der Waals surface area contributed by atoms with E-state index in [1.165, 1.54) is 28.5 Å². The van der Waals surface area contributed by atoms with E-state index in [0.29, 0.717) is 18.1 Å². The van der Waals surface area contributed by atoms with Crippen molar-refractivity contribution in [1.29, 1.82) is 0 Å². The number of thioether (sulfide) groups is 1. The van der Waals surface area contributed by atoms with Crippen LogP contribution in [0.1, 0.15) is 18.1 Å². The number of hydrogen-bond donors (Lipinski definition) is 1. The van der Waals surface area contributed by atoms with Crippen LogP contribution in [-0.2, 0) is 27.3 Å². The quantitative estimate of drug-likeness (QED) is 0.871. The molecule has 1 fully saturated rings. The van der Waals surface area contributed by atoms with Gasteiger partial charge < -0.3 is 14.9 Å². The zero-order chi connectivity index (χ0) is 16.6. The van der Waals surface area contributed by atoms with Gasteiger partial charge >= 0.3 is 5.97 Å². The summed E-state index contributed by atoms with van der Waals surface area (Å²) in [6.07, 6.45) is 0.303. The van der Waals surface area contributed by atoms with E-state index in [9.17, 15) is 19.5 Å². The number of rotatable bonds is 2. The summed E-state index contributed by atoms with van der Waals surface area (Å²) in [6, 6.07) is 6.14. The average Bonchev–Trinajstić information content (AvgIpc) is 3.02. The second kappa shape index (κ2) is 6.23. The first kappa shape index (κ1) is 15.9. The highest BCUT2D eigenvalue weighted by molar-refractivity contribution is 7.99. The molecule has 23 heavy (non-hydrogen) atoms. The van der Waals surface area contributed by atoms with E-state index in [4.69, 9.17) is 0 Å². The number of fused-ring (bicyclic) bond motifs is 1. The van der Waals surface area contributed by atoms with E-state index in [-0.39, 0.29) is 18.4 Å². The van der Waals surface area contributed by atoms with Gasteiger partial charge in [-0.1, -0.05) is 24.3 Å². The van der Waals surface area contributed by atoms with Crippen molar-refractivity contribution in [3.8, 4) is 0 Å². The largest absolute Gasteiger partial charge is 0.480 e. The number of carbonyl (C=O) groups excluding carboxylic acids is 2. The Bertz CT molecular complexity index is 663. The Morgan fingerprint density at radius 1 is 1.13 bits per heavy atom. The number of carboxylic acids is 1. The van der Waals surface area contributed by atoms with Crippen molar-refractivity contribution in [2.45, 2.75) is 32.0 Å². The van der Waals surface area contributed by atoms with E-state index in [1.807, 2.05) is 24.3 Å². The van der Waals surface area contributed by atoms with Gasteiger partial charge in [-0.3, -0.25) is 9.59 Å². The fourth-order valence-electron chi connectivity index (χ4n) is 3.12. The van der Waals surface area contributed by atoms with Crippen molar-refractivity contribution in [1.82, 2.24) is 9.80 Å². The molecule has 0 radical (unpaired) electrons. The predicted octanol–water partition coefficient (Wildman–Crippen LogP) is 0.946. The molecule has 0 bridgehead atoms. The van der Waals surface area contributed by atoms with Gasteiger partial charge in [-0.05, 0) is 11.1 Å². The predicted molar refractivity (Wildman–Crippen MR) is 85.8 cm³/mol. The van der Waals surface area contributed by atoms with Crippen LogP contribution in [0.5, 0.6) is 0 Å². The van der Waals surface area contributed by atoms with E-state index < -0.39 is 18.1 Å². The highest BCUT2D eigenvalue weighted by Gasteiger charge is 2.41. The van der Waals surface area contributed by atoms with Crippen molar-refractivity contribution in [2.24, 2.45) is 0 Å². The summed E-state index contributed by atoms with van der Waals surface area (Å²) < 4.78 is 0. The molecule has 2 unspecified atom stereocenters. The lowest BCUT2D eigenvalue weighted by molar-refractivity contribution is -0.154. The Labute approximate surface area is 138 Å². The lowest BCUT2D eigenvalue weighted by Gasteiger charge is -2.37. The molecule has 2 heterocycles. The first-order chi connectivity index (χ1) is 11.0. The summed E-state index contributed by atoms with van der Waals surface area (Å²) >= 11 is 1.52. The van der Waals surface area contributed by atoms with Gasteiger partial charge in [0.2, 0.25) is 11.8 Å². The molecule has 2 amide bonds. The molecule has 3 rings (SSSR count). The van der Waals surface area contributed by atoms with Crippen molar-refractivity contribution in [3.05, 3.63) is 35.4 Å². The van der Waals surface area contributed by atoms with E-state index in [1.54, 1.807) is 0 Å². The third-order valence-corrected chi connectivity index (χ3v) is 5.40. The van der Waals surface area contributed by atoms with E-state index in [0.717, 1.165) is 11.1 Å². The molecule has 2 aliphatic heterocycles. The zero-order valence-corrected chi connectivity index (χ0v) is 13.6. The molecule has 0 aliphatic carbocycles. The average molecular weight is 334 g/mol. The zero-order valence-electron chi connectivity index (χ0n) is 12.8. The minimum atomic E-state index is -1.01. The van der Waals surface area contributed by atoms with Crippen LogP contribution in [0.15, 0.2) is 24.3 Å². The lowest BCUT2D eigenvalue weighted by atomic mass is 9.93. The van der Waals surface area contributed by atoms with Gasteiger partial charge in [-0.25, -0.2) is 4.79 Å². The summed E-state index contributed by atoms with van der Waals surface area (Å²) in [4.78, 5) is 39.1. The van der Waals surface area contributed by atoms with Crippen LogP contribution in [0.4, 0.5) is 0 Å². The molecule has 0 spiro atoms. The number of nitrogens with zero attached hydrogens (tertiary/aromatic N) is 2. The van der Waals surface area contributed by atoms with E-state index >= 15 is 0 Å². The maximum atomic E-state index is 12.9.